The van der Waals surface area contributed by atoms with Crippen LogP contribution in [0.5, 0.6) is 0 Å². The van der Waals surface area contributed by atoms with Gasteiger partial charge in [0.15, 0.2) is 0 Å². The fourth-order valence-corrected chi connectivity index (χ4v) is 3.64. The molecule has 0 bridgehead atoms. The smallest absolute Gasteiger partial charge is 0.0705 e. The highest BCUT2D eigenvalue weighted by Crippen LogP contribution is 2.33. The Morgan fingerprint density at radius 1 is 1.14 bits per heavy atom. The number of aromatic nitrogens is 1. The summed E-state index contributed by atoms with van der Waals surface area (Å²) in [6, 6.07) is 11.9. The van der Waals surface area contributed by atoms with Gasteiger partial charge in [0.2, 0.25) is 0 Å². The van der Waals surface area contributed by atoms with E-state index in [1.54, 1.807) is 0 Å². The average molecular weight is 282 g/mol. The van der Waals surface area contributed by atoms with E-state index < -0.39 is 0 Å². The topological polar surface area (TPSA) is 24.9 Å². The maximum absolute atomic E-state index is 4.61. The standard InChI is InChI=1S/C19H26N2/c1-3-20-18-7-5-4-6-15(13-18)16-10-11-19-17(12-16)9-8-14(2)21-19/h8-12,15,18,20H,3-7,13H2,1-2H3. The van der Waals surface area contributed by atoms with E-state index in [0.717, 1.165) is 17.8 Å². The number of rotatable bonds is 3. The third-order valence-electron chi connectivity index (χ3n) is 4.74. The van der Waals surface area contributed by atoms with Crippen molar-refractivity contribution in [3.63, 3.8) is 0 Å². The molecule has 1 fully saturated rings. The molecule has 0 aliphatic heterocycles. The average Bonchev–Trinajstić information content (AvgIpc) is 2.73. The summed E-state index contributed by atoms with van der Waals surface area (Å²) in [7, 11) is 0. The number of nitrogens with one attached hydrogen (secondary N) is 1. The molecule has 1 aromatic carbocycles. The molecule has 1 aliphatic rings. The fraction of sp³-hybridized carbons (Fsp3) is 0.526. The van der Waals surface area contributed by atoms with E-state index in [9.17, 15) is 0 Å². The van der Waals surface area contributed by atoms with E-state index in [1.165, 1.54) is 43.1 Å². The monoisotopic (exact) mass is 282 g/mol. The van der Waals surface area contributed by atoms with Gasteiger partial charge in [-0.15, -0.1) is 0 Å². The van der Waals surface area contributed by atoms with E-state index >= 15 is 0 Å². The minimum absolute atomic E-state index is 0.689. The molecule has 21 heavy (non-hydrogen) atoms. The molecule has 0 radical (unpaired) electrons. The number of benzene rings is 1. The van der Waals surface area contributed by atoms with Crippen molar-refractivity contribution < 1.29 is 0 Å². The Balaban J connectivity index is 1.85. The molecular formula is C19H26N2. The Bertz CT molecular complexity index is 606. The van der Waals surface area contributed by atoms with Crippen LogP contribution in [0.3, 0.4) is 0 Å². The molecule has 1 saturated carbocycles. The highest BCUT2D eigenvalue weighted by atomic mass is 14.9. The van der Waals surface area contributed by atoms with Crippen molar-refractivity contribution in [3.8, 4) is 0 Å². The van der Waals surface area contributed by atoms with E-state index in [1.807, 2.05) is 0 Å². The van der Waals surface area contributed by atoms with Crippen molar-refractivity contribution in [1.82, 2.24) is 10.3 Å². The molecule has 2 heteroatoms. The summed E-state index contributed by atoms with van der Waals surface area (Å²) in [5, 5.41) is 4.94. The first-order valence-corrected chi connectivity index (χ1v) is 8.37. The quantitative estimate of drug-likeness (QED) is 0.834. The van der Waals surface area contributed by atoms with Gasteiger partial charge in [-0.3, -0.25) is 4.98 Å². The summed E-state index contributed by atoms with van der Waals surface area (Å²) in [6.45, 7) is 5.35. The lowest BCUT2D eigenvalue weighted by atomic mass is 9.89. The maximum Gasteiger partial charge on any atom is 0.0705 e. The van der Waals surface area contributed by atoms with Gasteiger partial charge < -0.3 is 5.32 Å². The van der Waals surface area contributed by atoms with Crippen LogP contribution in [0.1, 0.15) is 56.2 Å². The molecule has 0 amide bonds. The molecule has 0 spiro atoms. The minimum Gasteiger partial charge on any atom is -0.314 e. The van der Waals surface area contributed by atoms with Crippen LogP contribution in [0, 0.1) is 6.92 Å². The van der Waals surface area contributed by atoms with Gasteiger partial charge >= 0.3 is 0 Å². The molecule has 2 aromatic rings. The second-order valence-electron chi connectivity index (χ2n) is 6.38. The van der Waals surface area contributed by atoms with Gasteiger partial charge in [-0.05, 0) is 62.4 Å². The second-order valence-corrected chi connectivity index (χ2v) is 6.38. The van der Waals surface area contributed by atoms with Crippen LogP contribution in [-0.4, -0.2) is 17.6 Å². The SMILES string of the molecule is CCNC1CCCCC(c2ccc3nc(C)ccc3c2)C1. The normalized spacial score (nSPS) is 23.1. The zero-order valence-corrected chi connectivity index (χ0v) is 13.2. The molecule has 0 saturated heterocycles. The molecule has 1 aliphatic carbocycles. The number of hydrogen-bond acceptors (Lipinski definition) is 2. The lowest BCUT2D eigenvalue weighted by Crippen LogP contribution is -2.29. The molecule has 1 N–H and O–H groups in total. The molecule has 1 heterocycles. The van der Waals surface area contributed by atoms with Crippen LogP contribution >= 0.6 is 0 Å². The van der Waals surface area contributed by atoms with Crippen molar-refractivity contribution in [2.24, 2.45) is 0 Å². The van der Waals surface area contributed by atoms with E-state index in [0.29, 0.717) is 12.0 Å². The van der Waals surface area contributed by atoms with E-state index in [4.69, 9.17) is 0 Å². The van der Waals surface area contributed by atoms with Crippen LogP contribution < -0.4 is 5.32 Å². The number of fused-ring (bicyclic) bond motifs is 1. The zero-order chi connectivity index (χ0) is 14.7. The first kappa shape index (κ1) is 14.5. The number of pyridine rings is 1. The Morgan fingerprint density at radius 2 is 2.00 bits per heavy atom. The number of nitrogens with zero attached hydrogens (tertiary/aromatic N) is 1. The Morgan fingerprint density at radius 3 is 2.86 bits per heavy atom. The predicted molar refractivity (Wildman–Crippen MR) is 89.8 cm³/mol. The van der Waals surface area contributed by atoms with Crippen molar-refractivity contribution >= 4 is 10.9 Å². The molecular weight excluding hydrogens is 256 g/mol. The van der Waals surface area contributed by atoms with Gasteiger partial charge in [0.25, 0.3) is 0 Å². The minimum atomic E-state index is 0.689. The van der Waals surface area contributed by atoms with E-state index in [-0.39, 0.29) is 0 Å². The van der Waals surface area contributed by atoms with Crippen LogP contribution in [0.4, 0.5) is 0 Å². The van der Waals surface area contributed by atoms with Gasteiger partial charge in [0, 0.05) is 17.1 Å². The van der Waals surface area contributed by atoms with Crippen molar-refractivity contribution in [1.29, 1.82) is 0 Å². The highest BCUT2D eigenvalue weighted by Gasteiger charge is 2.21. The summed E-state index contributed by atoms with van der Waals surface area (Å²) in [4.78, 5) is 4.61. The van der Waals surface area contributed by atoms with Crippen LogP contribution in [0.2, 0.25) is 0 Å². The van der Waals surface area contributed by atoms with Crippen molar-refractivity contribution in [2.75, 3.05) is 6.54 Å². The molecule has 1 aromatic heterocycles. The summed E-state index contributed by atoms with van der Waals surface area (Å²) in [5.41, 5.74) is 3.71. The van der Waals surface area contributed by atoms with Gasteiger partial charge in [-0.2, -0.15) is 0 Å². The Labute approximate surface area is 128 Å². The number of hydrogen-bond donors (Lipinski definition) is 1. The third-order valence-corrected chi connectivity index (χ3v) is 4.74. The lowest BCUT2D eigenvalue weighted by molar-refractivity contribution is 0.449. The summed E-state index contributed by atoms with van der Waals surface area (Å²) in [5.74, 6) is 0.697. The van der Waals surface area contributed by atoms with Crippen molar-refractivity contribution in [3.05, 3.63) is 41.6 Å². The maximum atomic E-state index is 4.61. The summed E-state index contributed by atoms with van der Waals surface area (Å²) in [6.07, 6.45) is 6.66. The van der Waals surface area contributed by atoms with Gasteiger partial charge in [0.05, 0.1) is 5.52 Å². The van der Waals surface area contributed by atoms with Crippen LogP contribution in [-0.2, 0) is 0 Å². The van der Waals surface area contributed by atoms with E-state index in [2.05, 4.69) is 54.5 Å². The largest absolute Gasteiger partial charge is 0.314 e. The van der Waals surface area contributed by atoms with Crippen LogP contribution in [0.25, 0.3) is 10.9 Å². The highest BCUT2D eigenvalue weighted by molar-refractivity contribution is 5.79. The second kappa shape index (κ2) is 6.57. The number of aryl methyl sites for hydroxylation is 1. The van der Waals surface area contributed by atoms with Crippen LogP contribution in [0.15, 0.2) is 30.3 Å². The molecule has 112 valence electrons. The molecule has 2 atom stereocenters. The molecule has 3 rings (SSSR count). The van der Waals surface area contributed by atoms with Gasteiger partial charge in [-0.25, -0.2) is 0 Å². The molecule has 2 nitrogen and oxygen atoms in total. The predicted octanol–water partition coefficient (Wildman–Crippen LogP) is 4.57. The summed E-state index contributed by atoms with van der Waals surface area (Å²) < 4.78 is 0. The first-order valence-electron chi connectivity index (χ1n) is 8.37. The Kier molecular flexibility index (Phi) is 4.54. The zero-order valence-electron chi connectivity index (χ0n) is 13.2. The lowest BCUT2D eigenvalue weighted by Gasteiger charge is -2.21. The fourth-order valence-electron chi connectivity index (χ4n) is 3.64. The van der Waals surface area contributed by atoms with Gasteiger partial charge in [-0.1, -0.05) is 31.9 Å². The first-order chi connectivity index (χ1) is 10.3. The Hall–Kier alpha value is -1.41. The van der Waals surface area contributed by atoms with Gasteiger partial charge in [0.1, 0.15) is 0 Å². The third kappa shape index (κ3) is 3.44. The summed E-state index contributed by atoms with van der Waals surface area (Å²) >= 11 is 0. The molecule has 2 unspecified atom stereocenters. The van der Waals surface area contributed by atoms with Crippen molar-refractivity contribution in [2.45, 2.75) is 57.9 Å².